The molecule has 3 saturated heterocycles. The van der Waals surface area contributed by atoms with Crippen molar-refractivity contribution in [1.29, 1.82) is 0 Å². The average Bonchev–Trinajstić information content (AvgIpc) is 3.55. The summed E-state index contributed by atoms with van der Waals surface area (Å²) in [6.07, 6.45) is 3.38. The Hall–Kier alpha value is -2.99. The lowest BCUT2D eigenvalue weighted by Crippen LogP contribution is -2.59. The van der Waals surface area contributed by atoms with E-state index < -0.39 is 30.8 Å². The molecule has 4 aliphatic heterocycles. The number of likely N-dealkylation sites (tertiary alicyclic amines) is 1. The number of hydrogen-bond donors (Lipinski definition) is 3. The third kappa shape index (κ3) is 5.87. The Morgan fingerprint density at radius 3 is 2.61 bits per heavy atom. The van der Waals surface area contributed by atoms with Crippen molar-refractivity contribution in [3.63, 3.8) is 0 Å². The van der Waals surface area contributed by atoms with Gasteiger partial charge in [0.15, 0.2) is 0 Å². The van der Waals surface area contributed by atoms with Gasteiger partial charge in [0.25, 0.3) is 0 Å². The van der Waals surface area contributed by atoms with Gasteiger partial charge in [0.2, 0.25) is 23.6 Å². The minimum Gasteiger partial charge on any atom is -0.496 e. The molecule has 0 spiro atoms. The van der Waals surface area contributed by atoms with Crippen molar-refractivity contribution in [2.75, 3.05) is 20.2 Å². The summed E-state index contributed by atoms with van der Waals surface area (Å²) in [4.78, 5) is 63.2. The molecule has 0 bridgehead atoms. The molecule has 0 aliphatic carbocycles. The Balaban J connectivity index is 1.09. The highest BCUT2D eigenvalue weighted by atomic mass is 32.2. The third-order valence-electron chi connectivity index (χ3n) is 9.13. The number of hydrogen-bond acceptors (Lipinski definition) is 6. The Kier molecular flexibility index (Phi) is 8.51. The van der Waals surface area contributed by atoms with Crippen LogP contribution in [0.15, 0.2) is 41.3 Å². The van der Waals surface area contributed by atoms with Crippen molar-refractivity contribution in [1.82, 2.24) is 15.1 Å². The van der Waals surface area contributed by atoms with Crippen LogP contribution in [0.4, 0.5) is 8.78 Å². The largest absolute Gasteiger partial charge is 0.496 e. The fraction of sp³-hybridized carbons (Fsp3) is 0.500. The first-order valence-corrected chi connectivity index (χ1v) is 17.2. The van der Waals surface area contributed by atoms with Gasteiger partial charge in [0.05, 0.1) is 12.4 Å². The lowest BCUT2D eigenvalue weighted by Gasteiger charge is -2.43. The third-order valence-corrected chi connectivity index (χ3v) is 11.3. The van der Waals surface area contributed by atoms with Crippen LogP contribution in [-0.4, -0.2) is 80.9 Å². The van der Waals surface area contributed by atoms with Crippen LogP contribution in [0.25, 0.3) is 0 Å². The van der Waals surface area contributed by atoms with Gasteiger partial charge in [-0.3, -0.25) is 18.9 Å². The summed E-state index contributed by atoms with van der Waals surface area (Å²) in [6.45, 7) is 0.807. The molecular weight excluding hydrogens is 615 g/mol. The van der Waals surface area contributed by atoms with Gasteiger partial charge in [0.1, 0.15) is 23.7 Å². The number of fused-ring (bicyclic) bond motifs is 2. The number of thioether (sulfide) groups is 1. The molecule has 3 N–H and O–H groups in total. The van der Waals surface area contributed by atoms with Crippen LogP contribution >= 0.6 is 19.4 Å². The number of carbonyl (C=O) groups excluding carboxylic acids is 3. The SMILES string of the molecule is COc1ccc(F)cc1C1CN(C(=O)[C@@H]2CC[C@@H]3CCC[C@H](NC(=O)C4Cc5cc(C(F)P(=O)(O)O)ccc5S4)C(=O)N32)C1. The summed E-state index contributed by atoms with van der Waals surface area (Å²) in [6, 6.07) is 7.10. The summed E-state index contributed by atoms with van der Waals surface area (Å²) < 4.78 is 44.9. The van der Waals surface area contributed by atoms with Gasteiger partial charge in [-0.05, 0) is 73.9 Å². The summed E-state index contributed by atoms with van der Waals surface area (Å²) in [5, 5.41) is 2.31. The predicted molar refractivity (Wildman–Crippen MR) is 157 cm³/mol. The first-order chi connectivity index (χ1) is 20.9. The molecule has 44 heavy (non-hydrogen) atoms. The maximum atomic E-state index is 14.2. The quantitative estimate of drug-likeness (QED) is 0.387. The smallest absolute Gasteiger partial charge is 0.363 e. The van der Waals surface area contributed by atoms with E-state index in [2.05, 4.69) is 5.32 Å². The van der Waals surface area contributed by atoms with E-state index in [-0.39, 0.29) is 47.5 Å². The van der Waals surface area contributed by atoms with Crippen LogP contribution in [0, 0.1) is 5.82 Å². The minimum absolute atomic E-state index is 0.0645. The fourth-order valence-corrected chi connectivity index (χ4v) is 8.58. The molecule has 5 atom stereocenters. The number of nitrogens with zero attached hydrogens (tertiary/aromatic N) is 2. The molecule has 0 aromatic heterocycles. The molecule has 0 radical (unpaired) electrons. The summed E-state index contributed by atoms with van der Waals surface area (Å²) in [5.74, 6) is -3.07. The van der Waals surface area contributed by atoms with Crippen LogP contribution in [0.1, 0.15) is 60.6 Å². The van der Waals surface area contributed by atoms with E-state index in [0.29, 0.717) is 60.5 Å². The first kappa shape index (κ1) is 31.0. The number of alkyl halides is 1. The number of halogens is 2. The zero-order valence-corrected chi connectivity index (χ0v) is 25.7. The second-order valence-corrected chi connectivity index (χ2v) is 14.8. The van der Waals surface area contributed by atoms with E-state index in [1.54, 1.807) is 21.9 Å². The van der Waals surface area contributed by atoms with Crippen LogP contribution in [0.5, 0.6) is 5.75 Å². The zero-order chi connectivity index (χ0) is 31.3. The van der Waals surface area contributed by atoms with Crippen molar-refractivity contribution >= 4 is 37.1 Å². The number of methoxy groups -OCH3 is 1. The van der Waals surface area contributed by atoms with Gasteiger partial charge in [-0.1, -0.05) is 12.1 Å². The van der Waals surface area contributed by atoms with Crippen molar-refractivity contribution in [3.05, 3.63) is 58.9 Å². The molecule has 0 saturated carbocycles. The molecule has 6 rings (SSSR count). The van der Waals surface area contributed by atoms with E-state index in [4.69, 9.17) is 4.74 Å². The molecule has 3 amide bonds. The Morgan fingerprint density at radius 1 is 1.11 bits per heavy atom. The molecular formula is C30H34F2N3O7PS. The lowest BCUT2D eigenvalue weighted by atomic mass is 9.89. The van der Waals surface area contributed by atoms with Gasteiger partial charge < -0.3 is 29.6 Å². The second-order valence-electron chi connectivity index (χ2n) is 11.9. The highest BCUT2D eigenvalue weighted by Gasteiger charge is 2.48. The van der Waals surface area contributed by atoms with E-state index in [9.17, 15) is 37.5 Å². The summed E-state index contributed by atoms with van der Waals surface area (Å²) in [5.41, 5.74) is 1.19. The number of ether oxygens (including phenoxy) is 1. The highest BCUT2D eigenvalue weighted by molar-refractivity contribution is 8.01. The summed E-state index contributed by atoms with van der Waals surface area (Å²) >= 11 is 1.26. The van der Waals surface area contributed by atoms with Crippen molar-refractivity contribution in [2.24, 2.45) is 0 Å². The zero-order valence-electron chi connectivity index (χ0n) is 24.0. The molecule has 14 heteroatoms. The van der Waals surface area contributed by atoms with E-state index in [1.165, 1.54) is 43.1 Å². The Morgan fingerprint density at radius 2 is 1.89 bits per heavy atom. The monoisotopic (exact) mass is 649 g/mol. The van der Waals surface area contributed by atoms with Crippen LogP contribution in [-0.2, 0) is 25.4 Å². The minimum atomic E-state index is -4.96. The number of rotatable bonds is 7. The first-order valence-electron chi connectivity index (χ1n) is 14.7. The topological polar surface area (TPSA) is 136 Å². The number of amides is 3. The molecule has 236 valence electrons. The van der Waals surface area contributed by atoms with Crippen LogP contribution < -0.4 is 10.1 Å². The molecule has 2 aromatic carbocycles. The van der Waals surface area contributed by atoms with Crippen LogP contribution in [0.2, 0.25) is 0 Å². The molecule has 3 fully saturated rings. The highest BCUT2D eigenvalue weighted by Crippen LogP contribution is 2.53. The molecule has 4 heterocycles. The summed E-state index contributed by atoms with van der Waals surface area (Å²) in [7, 11) is -3.44. The van der Waals surface area contributed by atoms with Gasteiger partial charge in [-0.2, -0.15) is 0 Å². The number of carbonyl (C=O) groups is 3. The van der Waals surface area contributed by atoms with Gasteiger partial charge >= 0.3 is 7.60 Å². The Bertz CT molecular complexity index is 1530. The normalized spacial score (nSPS) is 26.0. The molecule has 2 unspecified atom stereocenters. The second kappa shape index (κ2) is 12.1. The van der Waals surface area contributed by atoms with E-state index >= 15 is 0 Å². The number of benzene rings is 2. The van der Waals surface area contributed by atoms with Crippen molar-refractivity contribution in [3.8, 4) is 5.75 Å². The van der Waals surface area contributed by atoms with Crippen LogP contribution in [0.3, 0.4) is 0 Å². The van der Waals surface area contributed by atoms with Gasteiger partial charge in [0, 0.05) is 35.5 Å². The fourth-order valence-electron chi connectivity index (χ4n) is 6.85. The van der Waals surface area contributed by atoms with E-state index in [1.807, 2.05) is 0 Å². The van der Waals surface area contributed by atoms with E-state index in [0.717, 1.165) is 6.42 Å². The molecule has 10 nitrogen and oxygen atoms in total. The Labute approximate surface area is 257 Å². The van der Waals surface area contributed by atoms with Crippen molar-refractivity contribution in [2.45, 2.75) is 78.6 Å². The standard InChI is InChI=1S/C30H34F2N3O7PS/c1-42-24-9-6-19(31)13-21(24)18-14-34(15-18)30(38)23-8-7-20-3-2-4-22(29(37)35(20)23)33-28(36)26-12-17-11-16(5-10-25(17)44-26)27(32)43(39,40)41/h5-6,9-11,13,18,20,22-23,26-27H,2-4,7-8,12,14-15H2,1H3,(H,33,36)(H2,39,40,41)/t20-,22-,23-,26?,27?/m0/s1. The average molecular weight is 650 g/mol. The lowest BCUT2D eigenvalue weighted by molar-refractivity contribution is -0.149. The van der Waals surface area contributed by atoms with Gasteiger partial charge in [-0.15, -0.1) is 11.8 Å². The number of nitrogens with one attached hydrogen (secondary N) is 1. The van der Waals surface area contributed by atoms with Gasteiger partial charge in [-0.25, -0.2) is 8.78 Å². The maximum Gasteiger partial charge on any atom is 0.363 e. The van der Waals surface area contributed by atoms with Crippen molar-refractivity contribution < 1.29 is 42.3 Å². The predicted octanol–water partition coefficient (Wildman–Crippen LogP) is 3.65. The maximum absolute atomic E-state index is 14.2. The molecule has 4 aliphatic rings. The molecule has 2 aromatic rings.